The lowest BCUT2D eigenvalue weighted by Crippen LogP contribution is -2.39. The van der Waals surface area contributed by atoms with Crippen molar-refractivity contribution in [2.24, 2.45) is 0 Å². The molecule has 2 rings (SSSR count). The smallest absolute Gasteiger partial charge is 0.251 e. The lowest BCUT2D eigenvalue weighted by atomic mass is 10.2. The molecule has 3 N–H and O–H groups in total. The highest BCUT2D eigenvalue weighted by Crippen LogP contribution is 2.29. The maximum absolute atomic E-state index is 12.0. The number of amides is 1. The minimum Gasteiger partial charge on any atom is -0.397 e. The number of halogens is 2. The summed E-state index contributed by atoms with van der Waals surface area (Å²) in [5.41, 5.74) is 6.45. The minimum atomic E-state index is -0.179. The number of hydrogen-bond donors (Lipinski definition) is 2. The molecule has 0 atom stereocenters. The first-order chi connectivity index (χ1) is 9.58. The molecule has 0 bridgehead atoms. The Balaban J connectivity index is 1.85. The quantitative estimate of drug-likeness (QED) is 0.830. The van der Waals surface area contributed by atoms with Crippen molar-refractivity contribution in [1.82, 2.24) is 10.2 Å². The van der Waals surface area contributed by atoms with E-state index in [-0.39, 0.29) is 10.9 Å². The zero-order chi connectivity index (χ0) is 14.5. The summed E-state index contributed by atoms with van der Waals surface area (Å²) in [6, 6.07) is 3.08. The summed E-state index contributed by atoms with van der Waals surface area (Å²) in [4.78, 5) is 14.4. The fourth-order valence-corrected chi connectivity index (χ4v) is 3.31. The van der Waals surface area contributed by atoms with Crippen LogP contribution in [0.25, 0.3) is 0 Å². The summed E-state index contributed by atoms with van der Waals surface area (Å²) in [5.74, 6) is 2.15. The number of carbonyl (C=O) groups excluding carboxylic acids is 1. The predicted molar refractivity (Wildman–Crippen MR) is 87.0 cm³/mol. The van der Waals surface area contributed by atoms with Crippen LogP contribution in [0.3, 0.4) is 0 Å². The maximum atomic E-state index is 12.0. The van der Waals surface area contributed by atoms with E-state index in [2.05, 4.69) is 10.2 Å². The first-order valence-electron chi connectivity index (χ1n) is 6.41. The van der Waals surface area contributed by atoms with Crippen molar-refractivity contribution < 1.29 is 4.79 Å². The first-order valence-corrected chi connectivity index (χ1v) is 8.32. The van der Waals surface area contributed by atoms with Crippen LogP contribution in [0.5, 0.6) is 0 Å². The van der Waals surface area contributed by atoms with E-state index in [4.69, 9.17) is 28.9 Å². The van der Waals surface area contributed by atoms with Crippen LogP contribution < -0.4 is 11.1 Å². The van der Waals surface area contributed by atoms with E-state index in [0.29, 0.717) is 22.8 Å². The minimum absolute atomic E-state index is 0.179. The van der Waals surface area contributed by atoms with Gasteiger partial charge in [-0.2, -0.15) is 11.8 Å². The number of rotatable bonds is 4. The molecule has 1 amide bonds. The standard InChI is InChI=1S/C13H17Cl2N3OS/c14-10-7-9(8-11(16)12(10)15)13(19)17-1-2-18-3-5-20-6-4-18/h7-8H,1-6,16H2,(H,17,19). The van der Waals surface area contributed by atoms with E-state index < -0.39 is 0 Å². The summed E-state index contributed by atoms with van der Waals surface area (Å²) in [5, 5.41) is 3.46. The highest BCUT2D eigenvalue weighted by Gasteiger charge is 2.13. The third-order valence-electron chi connectivity index (χ3n) is 3.14. The molecule has 0 aliphatic carbocycles. The maximum Gasteiger partial charge on any atom is 0.251 e. The van der Waals surface area contributed by atoms with Crippen LogP contribution in [-0.4, -0.2) is 48.5 Å². The number of anilines is 1. The van der Waals surface area contributed by atoms with Gasteiger partial charge in [-0.15, -0.1) is 0 Å². The van der Waals surface area contributed by atoms with Crippen LogP contribution >= 0.6 is 35.0 Å². The Labute approximate surface area is 133 Å². The van der Waals surface area contributed by atoms with Crippen molar-refractivity contribution in [3.63, 3.8) is 0 Å². The van der Waals surface area contributed by atoms with Gasteiger partial charge in [0.15, 0.2) is 0 Å². The molecule has 0 aromatic heterocycles. The third kappa shape index (κ3) is 4.19. The number of carbonyl (C=O) groups is 1. The van der Waals surface area contributed by atoms with Gasteiger partial charge in [0.05, 0.1) is 15.7 Å². The van der Waals surface area contributed by atoms with Crippen LogP contribution in [0, 0.1) is 0 Å². The Hall–Kier alpha value is -0.620. The summed E-state index contributed by atoms with van der Waals surface area (Å²) >= 11 is 13.7. The highest BCUT2D eigenvalue weighted by atomic mass is 35.5. The molecular weight excluding hydrogens is 317 g/mol. The van der Waals surface area contributed by atoms with Gasteiger partial charge in [-0.05, 0) is 12.1 Å². The van der Waals surface area contributed by atoms with E-state index in [0.717, 1.165) is 31.1 Å². The topological polar surface area (TPSA) is 58.4 Å². The lowest BCUT2D eigenvalue weighted by Gasteiger charge is -2.26. The lowest BCUT2D eigenvalue weighted by molar-refractivity contribution is 0.0949. The van der Waals surface area contributed by atoms with E-state index >= 15 is 0 Å². The second-order valence-electron chi connectivity index (χ2n) is 4.57. The fourth-order valence-electron chi connectivity index (χ4n) is 2.00. The largest absolute Gasteiger partial charge is 0.397 e. The summed E-state index contributed by atoms with van der Waals surface area (Å²) in [6.07, 6.45) is 0. The molecule has 1 aromatic carbocycles. The van der Waals surface area contributed by atoms with E-state index in [1.807, 2.05) is 11.8 Å². The van der Waals surface area contributed by atoms with Crippen molar-refractivity contribution in [2.75, 3.05) is 43.4 Å². The van der Waals surface area contributed by atoms with Crippen molar-refractivity contribution in [3.8, 4) is 0 Å². The number of nitrogen functional groups attached to an aromatic ring is 1. The van der Waals surface area contributed by atoms with Crippen LogP contribution in [-0.2, 0) is 0 Å². The molecule has 1 heterocycles. The van der Waals surface area contributed by atoms with Gasteiger partial charge in [0.1, 0.15) is 0 Å². The molecular formula is C13H17Cl2N3OS. The number of hydrogen-bond acceptors (Lipinski definition) is 4. The van der Waals surface area contributed by atoms with Gasteiger partial charge in [0.2, 0.25) is 0 Å². The molecule has 1 aliphatic rings. The molecule has 1 aliphatic heterocycles. The number of nitrogens with two attached hydrogens (primary N) is 1. The zero-order valence-electron chi connectivity index (χ0n) is 11.0. The Morgan fingerprint density at radius 2 is 2.05 bits per heavy atom. The molecule has 20 heavy (non-hydrogen) atoms. The van der Waals surface area contributed by atoms with Crippen molar-refractivity contribution in [1.29, 1.82) is 0 Å². The van der Waals surface area contributed by atoms with Crippen LogP contribution in [0.15, 0.2) is 12.1 Å². The summed E-state index contributed by atoms with van der Waals surface area (Å²) < 4.78 is 0. The second kappa shape index (κ2) is 7.41. The fraction of sp³-hybridized carbons (Fsp3) is 0.462. The van der Waals surface area contributed by atoms with Crippen molar-refractivity contribution >= 4 is 46.6 Å². The van der Waals surface area contributed by atoms with Crippen molar-refractivity contribution in [3.05, 3.63) is 27.7 Å². The predicted octanol–water partition coefficient (Wildman–Crippen LogP) is 2.35. The third-order valence-corrected chi connectivity index (χ3v) is 4.89. The van der Waals surface area contributed by atoms with Gasteiger partial charge in [-0.25, -0.2) is 0 Å². The molecule has 4 nitrogen and oxygen atoms in total. The molecule has 0 saturated carbocycles. The van der Waals surface area contributed by atoms with Gasteiger partial charge in [0.25, 0.3) is 5.91 Å². The van der Waals surface area contributed by atoms with Gasteiger partial charge in [-0.3, -0.25) is 9.69 Å². The number of thioether (sulfide) groups is 1. The van der Waals surface area contributed by atoms with Crippen LogP contribution in [0.2, 0.25) is 10.0 Å². The molecule has 0 spiro atoms. The van der Waals surface area contributed by atoms with Crippen LogP contribution in [0.1, 0.15) is 10.4 Å². The SMILES string of the molecule is Nc1cc(C(=O)NCCN2CCSCC2)cc(Cl)c1Cl. The van der Waals surface area contributed by atoms with Gasteiger partial charge in [-0.1, -0.05) is 23.2 Å². The van der Waals surface area contributed by atoms with Gasteiger partial charge < -0.3 is 11.1 Å². The molecule has 1 aromatic rings. The first kappa shape index (κ1) is 15.8. The Morgan fingerprint density at radius 3 is 2.70 bits per heavy atom. The average molecular weight is 334 g/mol. The van der Waals surface area contributed by atoms with Crippen LogP contribution in [0.4, 0.5) is 5.69 Å². The molecule has 1 saturated heterocycles. The van der Waals surface area contributed by atoms with Crippen molar-refractivity contribution in [2.45, 2.75) is 0 Å². The Morgan fingerprint density at radius 1 is 1.35 bits per heavy atom. The monoisotopic (exact) mass is 333 g/mol. The van der Waals surface area contributed by atoms with Gasteiger partial charge >= 0.3 is 0 Å². The summed E-state index contributed by atoms with van der Waals surface area (Å²) in [6.45, 7) is 3.65. The molecule has 0 unspecified atom stereocenters. The number of benzene rings is 1. The normalized spacial score (nSPS) is 16.1. The Kier molecular flexibility index (Phi) is 5.84. The highest BCUT2D eigenvalue weighted by molar-refractivity contribution is 7.99. The summed E-state index contributed by atoms with van der Waals surface area (Å²) in [7, 11) is 0. The van der Waals surface area contributed by atoms with E-state index in [9.17, 15) is 4.79 Å². The number of nitrogens with zero attached hydrogens (tertiary/aromatic N) is 1. The Bertz CT molecular complexity index is 469. The second-order valence-corrected chi connectivity index (χ2v) is 6.58. The van der Waals surface area contributed by atoms with E-state index in [1.54, 1.807) is 6.07 Å². The molecule has 1 fully saturated rings. The number of nitrogens with one attached hydrogen (secondary N) is 1. The molecule has 110 valence electrons. The molecule has 0 radical (unpaired) electrons. The average Bonchev–Trinajstić information content (AvgIpc) is 2.45. The zero-order valence-corrected chi connectivity index (χ0v) is 13.3. The molecule has 7 heteroatoms. The van der Waals surface area contributed by atoms with E-state index in [1.165, 1.54) is 6.07 Å². The van der Waals surface area contributed by atoms with Gasteiger partial charge in [0, 0.05) is 43.2 Å².